The van der Waals surface area contributed by atoms with Gasteiger partial charge in [0.2, 0.25) is 0 Å². The second-order valence-corrected chi connectivity index (χ2v) is 4.03. The summed E-state index contributed by atoms with van der Waals surface area (Å²) in [7, 11) is 0. The van der Waals surface area contributed by atoms with Crippen molar-refractivity contribution in [1.29, 1.82) is 0 Å². The van der Waals surface area contributed by atoms with Crippen molar-refractivity contribution in [1.82, 2.24) is 0 Å². The molecular weight excluding hydrogens is 341 g/mol. The van der Waals surface area contributed by atoms with E-state index in [9.17, 15) is 10.1 Å². The van der Waals surface area contributed by atoms with Crippen LogP contribution in [0.25, 0.3) is 0 Å². The van der Waals surface area contributed by atoms with Crippen molar-refractivity contribution < 1.29 is 10.0 Å². The van der Waals surface area contributed by atoms with Gasteiger partial charge in [0.25, 0.3) is 0 Å². The number of aromatic hydroxyl groups is 1. The Balaban J connectivity index is 3.33. The van der Waals surface area contributed by atoms with Crippen molar-refractivity contribution in [3.8, 4) is 5.75 Å². The Morgan fingerprint density at radius 3 is 2.67 bits per heavy atom. The van der Waals surface area contributed by atoms with E-state index in [1.807, 2.05) is 22.6 Å². The first kappa shape index (κ1) is 9.72. The van der Waals surface area contributed by atoms with E-state index in [1.54, 1.807) is 0 Å². The molecule has 0 aliphatic carbocycles. The predicted octanol–water partition coefficient (Wildman–Crippen LogP) is 2.67. The third-order valence-electron chi connectivity index (χ3n) is 1.21. The van der Waals surface area contributed by atoms with Gasteiger partial charge in [-0.25, -0.2) is 0 Å². The summed E-state index contributed by atoms with van der Waals surface area (Å²) in [6.07, 6.45) is 0. The Morgan fingerprint density at radius 1 is 1.58 bits per heavy atom. The quantitative estimate of drug-likeness (QED) is 0.484. The van der Waals surface area contributed by atoms with Crippen LogP contribution in [0.2, 0.25) is 0 Å². The Hall–Kier alpha value is -0.370. The summed E-state index contributed by atoms with van der Waals surface area (Å²) in [6.45, 7) is 0. The molecule has 0 aromatic heterocycles. The molecule has 1 N–H and O–H groups in total. The van der Waals surface area contributed by atoms with Crippen molar-refractivity contribution >= 4 is 44.2 Å². The molecular formula is C6H3BrINO3. The molecule has 0 bridgehead atoms. The Labute approximate surface area is 90.0 Å². The van der Waals surface area contributed by atoms with E-state index >= 15 is 0 Å². The fraction of sp³-hybridized carbons (Fsp3) is 0. The van der Waals surface area contributed by atoms with Crippen molar-refractivity contribution in [3.63, 3.8) is 0 Å². The number of hydrogen-bond acceptors (Lipinski definition) is 3. The number of nitro groups is 1. The number of nitro benzene ring substituents is 1. The molecule has 0 fully saturated rings. The highest BCUT2D eigenvalue weighted by Crippen LogP contribution is 2.32. The number of rotatable bonds is 1. The van der Waals surface area contributed by atoms with E-state index in [1.165, 1.54) is 12.1 Å². The van der Waals surface area contributed by atoms with Gasteiger partial charge in [0.15, 0.2) is 5.75 Å². The third-order valence-corrected chi connectivity index (χ3v) is 3.50. The third kappa shape index (κ3) is 1.86. The number of phenolic OH excluding ortho intramolecular Hbond substituents is 1. The monoisotopic (exact) mass is 343 g/mol. The smallest absolute Gasteiger partial charge is 0.311 e. The lowest BCUT2D eigenvalue weighted by Crippen LogP contribution is -1.89. The van der Waals surface area contributed by atoms with E-state index in [0.717, 1.165) is 3.57 Å². The van der Waals surface area contributed by atoms with Gasteiger partial charge in [0, 0.05) is 20.2 Å². The summed E-state index contributed by atoms with van der Waals surface area (Å²) in [5, 5.41) is 19.4. The summed E-state index contributed by atoms with van der Waals surface area (Å²) in [5.74, 6) is -0.312. The second-order valence-electron chi connectivity index (χ2n) is 2.01. The molecule has 0 saturated carbocycles. The lowest BCUT2D eigenvalue weighted by Gasteiger charge is -1.98. The van der Waals surface area contributed by atoms with Gasteiger partial charge in [0.1, 0.15) is 0 Å². The van der Waals surface area contributed by atoms with Gasteiger partial charge in [-0.15, -0.1) is 0 Å². The van der Waals surface area contributed by atoms with Crippen LogP contribution in [0.15, 0.2) is 16.6 Å². The van der Waals surface area contributed by atoms with Gasteiger partial charge in [-0.3, -0.25) is 10.1 Å². The van der Waals surface area contributed by atoms with Crippen LogP contribution in [-0.4, -0.2) is 10.0 Å². The minimum absolute atomic E-state index is 0.290. The zero-order valence-electron chi connectivity index (χ0n) is 5.62. The molecule has 0 atom stereocenters. The SMILES string of the molecule is O=[N+]([O-])c1cc(Br)c(I)cc1O. The van der Waals surface area contributed by atoms with Crippen molar-refractivity contribution in [3.05, 3.63) is 30.3 Å². The highest BCUT2D eigenvalue weighted by atomic mass is 127. The summed E-state index contributed by atoms with van der Waals surface area (Å²) >= 11 is 5.09. The van der Waals surface area contributed by atoms with Crippen LogP contribution in [-0.2, 0) is 0 Å². The van der Waals surface area contributed by atoms with Crippen LogP contribution in [0.5, 0.6) is 5.75 Å². The highest BCUT2D eigenvalue weighted by molar-refractivity contribution is 14.1. The molecule has 64 valence electrons. The largest absolute Gasteiger partial charge is 0.502 e. The molecule has 1 aromatic carbocycles. The van der Waals surface area contributed by atoms with Crippen molar-refractivity contribution in [2.45, 2.75) is 0 Å². The first-order chi connectivity index (χ1) is 5.52. The average molecular weight is 344 g/mol. The summed E-state index contributed by atoms with van der Waals surface area (Å²) in [4.78, 5) is 9.68. The van der Waals surface area contributed by atoms with E-state index in [4.69, 9.17) is 5.11 Å². The molecule has 0 saturated heterocycles. The normalized spacial score (nSPS) is 9.83. The molecule has 0 amide bonds. The van der Waals surface area contributed by atoms with Gasteiger partial charge in [-0.05, 0) is 38.5 Å². The van der Waals surface area contributed by atoms with Gasteiger partial charge in [-0.2, -0.15) is 0 Å². The molecule has 0 heterocycles. The van der Waals surface area contributed by atoms with E-state index < -0.39 is 4.92 Å². The van der Waals surface area contributed by atoms with Crippen LogP contribution in [0.1, 0.15) is 0 Å². The van der Waals surface area contributed by atoms with Crippen molar-refractivity contribution in [2.75, 3.05) is 0 Å². The van der Waals surface area contributed by atoms with Crippen LogP contribution < -0.4 is 0 Å². The van der Waals surface area contributed by atoms with Crippen LogP contribution in [0.4, 0.5) is 5.69 Å². The van der Waals surface area contributed by atoms with Crippen LogP contribution in [0, 0.1) is 13.7 Å². The standard InChI is InChI=1S/C6H3BrINO3/c7-3-1-5(9(11)12)6(10)2-4(3)8/h1-2,10H. The zero-order chi connectivity index (χ0) is 9.30. The lowest BCUT2D eigenvalue weighted by molar-refractivity contribution is -0.386. The Bertz CT molecular complexity index is 342. The number of halogens is 2. The maximum atomic E-state index is 10.3. The first-order valence-corrected chi connectivity index (χ1v) is 4.72. The van der Waals surface area contributed by atoms with Crippen molar-refractivity contribution in [2.24, 2.45) is 0 Å². The first-order valence-electron chi connectivity index (χ1n) is 2.85. The van der Waals surface area contributed by atoms with Gasteiger partial charge in [-0.1, -0.05) is 0 Å². The zero-order valence-corrected chi connectivity index (χ0v) is 9.37. The predicted molar refractivity (Wildman–Crippen MR) is 55.2 cm³/mol. The number of hydrogen-bond donors (Lipinski definition) is 1. The molecule has 0 aliphatic rings. The Morgan fingerprint density at radius 2 is 2.17 bits per heavy atom. The molecule has 6 heteroatoms. The topological polar surface area (TPSA) is 63.4 Å². The molecule has 0 radical (unpaired) electrons. The maximum Gasteiger partial charge on any atom is 0.311 e. The van der Waals surface area contributed by atoms with E-state index in [-0.39, 0.29) is 11.4 Å². The summed E-state index contributed by atoms with van der Waals surface area (Å²) < 4.78 is 1.34. The average Bonchev–Trinajstić information content (AvgIpc) is 1.96. The fourth-order valence-electron chi connectivity index (χ4n) is 0.672. The fourth-order valence-corrected chi connectivity index (χ4v) is 1.45. The summed E-state index contributed by atoms with van der Waals surface area (Å²) in [5.41, 5.74) is -0.290. The van der Waals surface area contributed by atoms with E-state index in [0.29, 0.717) is 4.47 Å². The molecule has 0 spiro atoms. The molecule has 1 aromatic rings. The highest BCUT2D eigenvalue weighted by Gasteiger charge is 2.14. The minimum atomic E-state index is -0.629. The molecule has 1 rings (SSSR count). The minimum Gasteiger partial charge on any atom is -0.502 e. The summed E-state index contributed by atoms with van der Waals surface area (Å²) in [6, 6.07) is 2.61. The molecule has 12 heavy (non-hydrogen) atoms. The maximum absolute atomic E-state index is 10.3. The van der Waals surface area contributed by atoms with Crippen LogP contribution in [0.3, 0.4) is 0 Å². The molecule has 4 nitrogen and oxygen atoms in total. The van der Waals surface area contributed by atoms with Gasteiger partial charge < -0.3 is 5.11 Å². The number of benzene rings is 1. The van der Waals surface area contributed by atoms with Gasteiger partial charge in [0.05, 0.1) is 4.92 Å². The van der Waals surface area contributed by atoms with Crippen LogP contribution >= 0.6 is 38.5 Å². The number of nitrogens with zero attached hydrogens (tertiary/aromatic N) is 1. The molecule has 0 unspecified atom stereocenters. The lowest BCUT2D eigenvalue weighted by atomic mass is 10.3. The Kier molecular flexibility index (Phi) is 2.89. The molecule has 0 aliphatic heterocycles. The van der Waals surface area contributed by atoms with E-state index in [2.05, 4.69) is 15.9 Å². The van der Waals surface area contributed by atoms with Gasteiger partial charge >= 0.3 is 5.69 Å². The number of phenols is 1. The second kappa shape index (κ2) is 3.56.